The molecule has 16 unspecified atom stereocenters. The Labute approximate surface area is 662 Å². The van der Waals surface area contributed by atoms with Crippen molar-refractivity contribution in [3.63, 3.8) is 0 Å². The minimum atomic E-state index is -3.25. The number of aliphatic hydroxyl groups excluding tert-OH is 4. The standard InChI is InChI=1S/2C15H22N2O6.C10H14N2O6.C10H12N2O6.C5H9I.4C4H9.C2H6.O.2Sn/c2*1-3-4-5-8-22-13-12(19)10(9-21-2)23-14(13)17-7-6-11(18)16-15(17)20;2*1-17-4-5-7(14)8(15)9(18-5)12-3-2-6(13)11-10(12)16;1-2-3-4-5-6;4*1-3-4-2;1-2;;;/h2*3,6-7,10,12-14,19H,1,4-5,8-9H2,2H3,(H,16,18,20);2-3,5,7-9,14-15H,4H2,1H3,(H,11,13,16);2-3,5,7-9H,4H2,1H3,(H,11,13,16);2H,1,3-5H2;4*1,3-4H2,2H3;1-2H3;;;/q;;;-2;;;;;;;;;+2. The van der Waals surface area contributed by atoms with Gasteiger partial charge in [-0.3, -0.25) is 43.0 Å². The maximum atomic E-state index is 12.3. The number of nitrogens with zero attached hydrogens (tertiary/aromatic N) is 4. The van der Waals surface area contributed by atoms with Crippen LogP contribution < -0.4 is 45.0 Å². The zero-order valence-corrected chi connectivity index (χ0v) is 72.8. The molecule has 5 saturated heterocycles. The molecule has 0 bridgehead atoms. The summed E-state index contributed by atoms with van der Waals surface area (Å²) >= 11 is -2.87. The minimum Gasteiger partial charge on any atom is -0.387 e. The first-order valence-corrected chi connectivity index (χ1v) is 50.6. The summed E-state index contributed by atoms with van der Waals surface area (Å²) < 4.78 is 89.3. The van der Waals surface area contributed by atoms with Gasteiger partial charge in [-0.05, 0) is 43.0 Å². The largest absolute Gasteiger partial charge is 0.387 e. The predicted octanol–water partition coefficient (Wildman–Crippen LogP) is 5.72. The summed E-state index contributed by atoms with van der Waals surface area (Å²) in [6, 6.07) is 4.89. The molecular weight excluding hydrogens is 1750 g/mol. The number of aliphatic hydroxyl groups is 4. The van der Waals surface area contributed by atoms with Crippen LogP contribution in [0, 0.1) is 0 Å². The van der Waals surface area contributed by atoms with Crippen LogP contribution in [-0.2, 0) is 56.6 Å². The molecule has 0 aliphatic carbocycles. The van der Waals surface area contributed by atoms with Gasteiger partial charge in [-0.25, -0.2) is 14.4 Å². The van der Waals surface area contributed by atoms with E-state index in [-0.39, 0.29) is 38.1 Å². The zero-order chi connectivity index (χ0) is 81.0. The molecule has 0 saturated carbocycles. The van der Waals surface area contributed by atoms with E-state index in [1.807, 2.05) is 24.9 Å². The predicted molar refractivity (Wildman–Crippen MR) is 421 cm³/mol. The van der Waals surface area contributed by atoms with Gasteiger partial charge in [0.15, 0.2) is 18.7 Å². The smallest absolute Gasteiger partial charge is 0.330 e. The first kappa shape index (κ1) is 98.6. The van der Waals surface area contributed by atoms with Crippen molar-refractivity contribution in [2.75, 3.05) is 72.5 Å². The number of methoxy groups -OCH3 is 4. The van der Waals surface area contributed by atoms with E-state index in [2.05, 4.69) is 85.0 Å². The molecule has 5 aliphatic heterocycles. The molecule has 5 aliphatic rings. The Bertz CT molecular complexity index is 3610. The minimum absolute atomic E-state index is 0.0901. The van der Waals surface area contributed by atoms with Crippen LogP contribution in [0.5, 0.6) is 0 Å². The van der Waals surface area contributed by atoms with Gasteiger partial charge in [0.25, 0.3) is 16.7 Å². The number of hydrogen-bond acceptors (Lipinski definition) is 25. The molecule has 109 heavy (non-hydrogen) atoms. The van der Waals surface area contributed by atoms with E-state index in [9.17, 15) is 61.9 Å². The Hall–Kier alpha value is -4.57. The van der Waals surface area contributed by atoms with Crippen LogP contribution in [0.25, 0.3) is 0 Å². The average molecular weight is 1880 g/mol. The van der Waals surface area contributed by atoms with Gasteiger partial charge < -0.3 is 58.3 Å². The number of nitrogens with one attached hydrogen (secondary N) is 4. The SMILES string of the molecule is C=CCCCI.C=CCCCOC1C(O)C(COC)OC1n1ccc(=O)[nH]c1=O.C=CCCCOC1C(O)C(COC)OC1n1ccc(=O)[nH]c1=O.CC.CCC[CH2][Sn](=[O])[CH2]CCC.CCC[CH2][Sn]1([CH2]CCC)[O]C2C(COC)OC(n3ccc(=O)[nH]c3=O)C2[O]1.COCC1OC(n2ccc(=O)[nH]c2=O)C(O)C1O. The molecule has 0 spiro atoms. The van der Waals surface area contributed by atoms with Gasteiger partial charge in [-0.2, -0.15) is 0 Å². The van der Waals surface area contributed by atoms with E-state index >= 15 is 0 Å². The first-order valence-electron chi connectivity index (χ1n) is 37.5. The van der Waals surface area contributed by atoms with E-state index in [1.165, 1.54) is 121 Å². The molecule has 0 amide bonds. The van der Waals surface area contributed by atoms with Crippen molar-refractivity contribution in [3.05, 3.63) is 170 Å². The Morgan fingerprint density at radius 2 is 0.780 bits per heavy atom. The number of H-pyrrole nitrogens is 4. The molecule has 0 aromatic carbocycles. The number of hydrogen-bond donors (Lipinski definition) is 8. The van der Waals surface area contributed by atoms with Crippen molar-refractivity contribution in [3.8, 4) is 0 Å². The Morgan fingerprint density at radius 3 is 1.12 bits per heavy atom. The summed E-state index contributed by atoms with van der Waals surface area (Å²) in [6.45, 7) is 25.1. The third-order valence-corrected chi connectivity index (χ3v) is 33.8. The summed E-state index contributed by atoms with van der Waals surface area (Å²) in [5.41, 5.74) is -4.41. The maximum Gasteiger partial charge on any atom is 0.330 e. The summed E-state index contributed by atoms with van der Waals surface area (Å²) in [5.74, 6) is 0. The van der Waals surface area contributed by atoms with Gasteiger partial charge in [-0.15, -0.1) is 19.7 Å². The number of fused-ring (bicyclic) bond motifs is 1. The molecule has 4 aromatic heterocycles. The van der Waals surface area contributed by atoms with Crippen LogP contribution in [-0.4, -0.2) is 243 Å². The van der Waals surface area contributed by atoms with Gasteiger partial charge >= 0.3 is 252 Å². The van der Waals surface area contributed by atoms with Crippen LogP contribution in [0.15, 0.2) is 125 Å². The van der Waals surface area contributed by atoms with Crippen molar-refractivity contribution in [2.45, 2.75) is 247 Å². The van der Waals surface area contributed by atoms with Crippen LogP contribution in [0.4, 0.5) is 0 Å². The Kier molecular flexibility index (Phi) is 49.8. The third-order valence-electron chi connectivity index (χ3n) is 17.5. The van der Waals surface area contributed by atoms with E-state index in [1.54, 1.807) is 19.3 Å². The van der Waals surface area contributed by atoms with Crippen molar-refractivity contribution >= 4 is 61.5 Å². The molecule has 16 atom stereocenters. The zero-order valence-electron chi connectivity index (χ0n) is 64.9. The first-order chi connectivity index (χ1) is 52.5. The van der Waals surface area contributed by atoms with Crippen LogP contribution >= 0.6 is 22.6 Å². The number of halogens is 1. The maximum absolute atomic E-state index is 12.3. The quantitative estimate of drug-likeness (QED) is 0.00880. The Morgan fingerprint density at radius 1 is 0.459 bits per heavy atom. The van der Waals surface area contributed by atoms with Gasteiger partial charge in [0.1, 0.15) is 54.9 Å². The number of allylic oxidation sites excluding steroid dienone is 3. The molecule has 33 nitrogen and oxygen atoms in total. The van der Waals surface area contributed by atoms with Gasteiger partial charge in [-0.1, -0.05) is 54.7 Å². The molecule has 0 radical (unpaired) electrons. The second kappa shape index (κ2) is 55.0. The second-order valence-corrected chi connectivity index (χ2v) is 42.2. The van der Waals surface area contributed by atoms with Crippen LogP contribution in [0.1, 0.15) is 156 Å². The van der Waals surface area contributed by atoms with E-state index in [0.29, 0.717) is 19.8 Å². The van der Waals surface area contributed by atoms with Crippen molar-refractivity contribution < 1.29 is 77.0 Å². The average Bonchev–Trinajstić information content (AvgIpc) is 1.58. The fourth-order valence-corrected chi connectivity index (χ4v) is 29.0. The third kappa shape index (κ3) is 32.0. The summed E-state index contributed by atoms with van der Waals surface area (Å²) in [6.07, 6.45) is 13.6. The van der Waals surface area contributed by atoms with Gasteiger partial charge in [0, 0.05) is 71.3 Å². The van der Waals surface area contributed by atoms with E-state index in [0.717, 1.165) is 79.7 Å². The number of unbranched alkanes of at least 4 members (excludes halogenated alkanes) is 7. The molecular formula is C73H121IN8O25Sn2. The monoisotopic (exact) mass is 1880 g/mol. The summed E-state index contributed by atoms with van der Waals surface area (Å²) in [7, 11) is 6.05. The van der Waals surface area contributed by atoms with E-state index < -0.39 is 164 Å². The number of aromatic amines is 4. The van der Waals surface area contributed by atoms with Crippen LogP contribution in [0.2, 0.25) is 17.7 Å². The summed E-state index contributed by atoms with van der Waals surface area (Å²) in [4.78, 5) is 101. The van der Waals surface area contributed by atoms with Crippen molar-refractivity contribution in [1.82, 2.24) is 38.2 Å². The fourth-order valence-electron chi connectivity index (χ4n) is 11.9. The molecule has 9 rings (SSSR count). The molecule has 5 fully saturated rings. The normalized spacial score (nSPS) is 25.3. The topological polar surface area (TPSA) is 428 Å². The van der Waals surface area contributed by atoms with Gasteiger partial charge in [0.05, 0.1) is 19.8 Å². The molecule has 8 N–H and O–H groups in total. The number of ether oxygens (including phenoxy) is 10. The number of rotatable bonds is 37. The van der Waals surface area contributed by atoms with Gasteiger partial charge in [0.2, 0.25) is 0 Å². The van der Waals surface area contributed by atoms with E-state index in [4.69, 9.17) is 53.5 Å². The van der Waals surface area contributed by atoms with Crippen molar-refractivity contribution in [1.29, 1.82) is 0 Å². The number of alkyl halides is 1. The summed E-state index contributed by atoms with van der Waals surface area (Å²) in [5, 5.41) is 40.3. The second-order valence-electron chi connectivity index (χ2n) is 25.8. The van der Waals surface area contributed by atoms with Crippen molar-refractivity contribution in [2.24, 2.45) is 0 Å². The fraction of sp³-hybridized carbons (Fsp3) is 0.699. The molecule has 36 heteroatoms. The molecule has 4 aromatic rings. The Balaban J connectivity index is 0.000000352. The van der Waals surface area contributed by atoms with Crippen LogP contribution in [0.3, 0.4) is 0 Å². The molecule has 9 heterocycles. The number of aromatic nitrogens is 8. The molecule has 618 valence electrons.